The number of aliphatic hydroxyl groups excluding tert-OH is 1. The lowest BCUT2D eigenvalue weighted by Crippen LogP contribution is -2.56. The Hall–Kier alpha value is -2.45. The summed E-state index contributed by atoms with van der Waals surface area (Å²) in [5.74, 6) is -2.21. The Morgan fingerprint density at radius 1 is 1.12 bits per heavy atom. The number of carbonyl (C=O) groups is 3. The van der Waals surface area contributed by atoms with E-state index >= 15 is 0 Å². The van der Waals surface area contributed by atoms with E-state index in [1.165, 1.54) is 4.90 Å². The largest absolute Gasteiger partial charge is 0.394 e. The van der Waals surface area contributed by atoms with Crippen LogP contribution in [0.15, 0.2) is 30.3 Å². The van der Waals surface area contributed by atoms with Crippen LogP contribution in [0.2, 0.25) is 0 Å². The Labute approximate surface area is 201 Å². The van der Waals surface area contributed by atoms with Crippen molar-refractivity contribution < 1.29 is 24.2 Å². The number of carbonyl (C=O) groups excluding carboxylic acids is 3. The number of aliphatic hydroxyl groups is 1. The van der Waals surface area contributed by atoms with Gasteiger partial charge in [-0.05, 0) is 38.2 Å². The molecule has 0 radical (unpaired) electrons. The summed E-state index contributed by atoms with van der Waals surface area (Å²) in [6.07, 6.45) is 3.66. The monoisotopic (exact) mass is 471 g/mol. The minimum Gasteiger partial charge on any atom is -0.394 e. The summed E-state index contributed by atoms with van der Waals surface area (Å²) in [6, 6.07) is 7.63. The molecule has 3 aliphatic heterocycles. The topological polar surface area (TPSA) is 108 Å². The van der Waals surface area contributed by atoms with Crippen molar-refractivity contribution in [2.75, 3.05) is 19.7 Å². The number of amides is 3. The molecule has 8 heteroatoms. The van der Waals surface area contributed by atoms with Crippen LogP contribution in [0.1, 0.15) is 64.5 Å². The maximum absolute atomic E-state index is 14.1. The molecule has 2 unspecified atom stereocenters. The molecule has 0 aliphatic carbocycles. The third kappa shape index (κ3) is 3.81. The smallest absolute Gasteiger partial charge is 0.245 e. The van der Waals surface area contributed by atoms with Crippen LogP contribution >= 0.6 is 0 Å². The van der Waals surface area contributed by atoms with Gasteiger partial charge >= 0.3 is 0 Å². The van der Waals surface area contributed by atoms with E-state index in [4.69, 9.17) is 4.74 Å². The minimum atomic E-state index is -1.08. The molecule has 3 heterocycles. The van der Waals surface area contributed by atoms with Crippen molar-refractivity contribution in [3.63, 3.8) is 0 Å². The maximum Gasteiger partial charge on any atom is 0.245 e. The van der Waals surface area contributed by atoms with Crippen LogP contribution in [0.5, 0.6) is 0 Å². The highest BCUT2D eigenvalue weighted by Gasteiger charge is 2.78. The second kappa shape index (κ2) is 9.66. The van der Waals surface area contributed by atoms with Crippen LogP contribution in [0.25, 0.3) is 0 Å². The van der Waals surface area contributed by atoms with Crippen molar-refractivity contribution in [2.45, 2.75) is 76.2 Å². The van der Waals surface area contributed by atoms with E-state index in [1.54, 1.807) is 0 Å². The first-order valence-corrected chi connectivity index (χ1v) is 12.6. The molecule has 8 nitrogen and oxygen atoms in total. The van der Waals surface area contributed by atoms with Crippen LogP contribution in [0.4, 0.5) is 0 Å². The van der Waals surface area contributed by atoms with Gasteiger partial charge in [0.05, 0.1) is 30.1 Å². The Balaban J connectivity index is 1.77. The molecule has 0 saturated carbocycles. The zero-order valence-corrected chi connectivity index (χ0v) is 20.4. The molecule has 34 heavy (non-hydrogen) atoms. The van der Waals surface area contributed by atoms with E-state index in [9.17, 15) is 19.5 Å². The normalized spacial score (nSPS) is 32.5. The van der Waals surface area contributed by atoms with Crippen molar-refractivity contribution in [1.82, 2.24) is 15.5 Å². The number of nitrogens with zero attached hydrogens (tertiary/aromatic N) is 1. The van der Waals surface area contributed by atoms with E-state index in [1.807, 2.05) is 51.1 Å². The van der Waals surface area contributed by atoms with E-state index in [2.05, 4.69) is 10.6 Å². The fourth-order valence-electron chi connectivity index (χ4n) is 6.27. The summed E-state index contributed by atoms with van der Waals surface area (Å²) in [7, 11) is 0. The number of ether oxygens (including phenoxy) is 1. The van der Waals surface area contributed by atoms with Gasteiger partial charge in [-0.3, -0.25) is 14.4 Å². The summed E-state index contributed by atoms with van der Waals surface area (Å²) in [5.41, 5.74) is -1.14. The Bertz CT molecular complexity index is 924. The molecule has 6 atom stereocenters. The predicted molar refractivity (Wildman–Crippen MR) is 127 cm³/mol. The Kier molecular flexibility index (Phi) is 7.01. The fourth-order valence-corrected chi connectivity index (χ4v) is 6.27. The minimum absolute atomic E-state index is 0.198. The molecule has 2 bridgehead atoms. The Morgan fingerprint density at radius 2 is 1.82 bits per heavy atom. The number of fused-ring (bicyclic) bond motifs is 1. The first-order chi connectivity index (χ1) is 16.3. The number of benzene rings is 1. The molecule has 3 fully saturated rings. The lowest BCUT2D eigenvalue weighted by Gasteiger charge is -2.37. The number of likely N-dealkylation sites (tertiary alicyclic amines) is 1. The van der Waals surface area contributed by atoms with Crippen LogP contribution in [0, 0.1) is 11.8 Å². The van der Waals surface area contributed by atoms with Gasteiger partial charge in [0.25, 0.3) is 0 Å². The quantitative estimate of drug-likeness (QED) is 0.452. The molecule has 1 spiro atoms. The third-order valence-electron chi connectivity index (χ3n) is 7.82. The summed E-state index contributed by atoms with van der Waals surface area (Å²) < 4.78 is 6.59. The zero-order valence-electron chi connectivity index (χ0n) is 20.4. The molecule has 4 rings (SSSR count). The molecule has 1 aromatic carbocycles. The van der Waals surface area contributed by atoms with Crippen molar-refractivity contribution >= 4 is 17.7 Å². The van der Waals surface area contributed by atoms with Crippen LogP contribution in [0.3, 0.4) is 0 Å². The van der Waals surface area contributed by atoms with Gasteiger partial charge in [0.1, 0.15) is 11.6 Å². The van der Waals surface area contributed by atoms with Gasteiger partial charge in [0, 0.05) is 13.1 Å². The van der Waals surface area contributed by atoms with E-state index in [0.717, 1.165) is 24.8 Å². The fraction of sp³-hybridized carbons (Fsp3) is 0.654. The molecule has 3 saturated heterocycles. The third-order valence-corrected chi connectivity index (χ3v) is 7.82. The van der Waals surface area contributed by atoms with Crippen LogP contribution in [-0.2, 0) is 19.1 Å². The zero-order chi connectivity index (χ0) is 24.5. The van der Waals surface area contributed by atoms with Crippen molar-refractivity contribution in [3.8, 4) is 0 Å². The lowest BCUT2D eigenvalue weighted by molar-refractivity contribution is -0.149. The van der Waals surface area contributed by atoms with Gasteiger partial charge < -0.3 is 25.4 Å². The van der Waals surface area contributed by atoms with Gasteiger partial charge in [-0.15, -0.1) is 0 Å². The molecule has 1 aromatic rings. The molecular formula is C26H37N3O5. The first-order valence-electron chi connectivity index (χ1n) is 12.6. The van der Waals surface area contributed by atoms with Crippen molar-refractivity contribution in [1.29, 1.82) is 0 Å². The highest BCUT2D eigenvalue weighted by Crippen LogP contribution is 2.64. The molecule has 3 N–H and O–H groups in total. The number of hydrogen-bond acceptors (Lipinski definition) is 5. The Morgan fingerprint density at radius 3 is 2.47 bits per heavy atom. The van der Waals surface area contributed by atoms with Crippen LogP contribution < -0.4 is 10.6 Å². The molecule has 186 valence electrons. The second-order valence-corrected chi connectivity index (χ2v) is 10.0. The number of unbranched alkanes of at least 4 members (excludes halogenated alkanes) is 1. The second-order valence-electron chi connectivity index (χ2n) is 10.0. The van der Waals surface area contributed by atoms with Crippen LogP contribution in [-0.4, -0.2) is 64.7 Å². The van der Waals surface area contributed by atoms with E-state index in [0.29, 0.717) is 25.9 Å². The number of hydrogen-bond donors (Lipinski definition) is 3. The average Bonchev–Trinajstić information content (AvgIpc) is 3.40. The lowest BCUT2D eigenvalue weighted by atomic mass is 9.66. The van der Waals surface area contributed by atoms with Crippen molar-refractivity contribution in [2.24, 2.45) is 11.8 Å². The van der Waals surface area contributed by atoms with E-state index in [-0.39, 0.29) is 24.3 Å². The number of rotatable bonds is 10. The molecule has 0 aromatic heterocycles. The molecule has 3 aliphatic rings. The van der Waals surface area contributed by atoms with Crippen molar-refractivity contribution in [3.05, 3.63) is 35.9 Å². The van der Waals surface area contributed by atoms with Gasteiger partial charge in [-0.25, -0.2) is 0 Å². The van der Waals surface area contributed by atoms with E-state index < -0.39 is 35.1 Å². The predicted octanol–water partition coefficient (Wildman–Crippen LogP) is 1.93. The molecule has 3 amide bonds. The summed E-state index contributed by atoms with van der Waals surface area (Å²) in [6.45, 7) is 6.60. The summed E-state index contributed by atoms with van der Waals surface area (Å²) >= 11 is 0. The standard InChI is InChI=1S/C26H37N3O5/c1-4-6-15-28-23(32)21-26-13-12-25(3,34-26)19(22(31)27-14-5-2)20(26)24(33)29(21)18(16-30)17-10-8-7-9-11-17/h7-11,18-21,30H,4-6,12-16H2,1-3H3,(H,27,31)(H,28,32)/t18-,19+,20+,21?,25-,26?/m1/s1. The SMILES string of the molecule is CCCCNC(=O)C1N([C@H](CO)c2ccccc2)C(=O)[C@@H]2[C@@H](C(=O)NCCC)[C@@]3(C)CCC12O3. The number of nitrogens with one attached hydrogen (secondary N) is 2. The van der Waals surface area contributed by atoms with Gasteiger partial charge in [0.2, 0.25) is 17.7 Å². The average molecular weight is 472 g/mol. The maximum atomic E-state index is 14.1. The summed E-state index contributed by atoms with van der Waals surface area (Å²) in [4.78, 5) is 42.5. The van der Waals surface area contributed by atoms with Gasteiger partial charge in [-0.1, -0.05) is 50.6 Å². The first kappa shape index (κ1) is 24.7. The highest BCUT2D eigenvalue weighted by atomic mass is 16.5. The van der Waals surface area contributed by atoms with Gasteiger partial charge in [-0.2, -0.15) is 0 Å². The summed E-state index contributed by atoms with van der Waals surface area (Å²) in [5, 5.41) is 16.3. The molecular weight excluding hydrogens is 434 g/mol. The van der Waals surface area contributed by atoms with Gasteiger partial charge in [0.15, 0.2) is 0 Å². The highest BCUT2D eigenvalue weighted by molar-refractivity contribution is 5.99.